The van der Waals surface area contributed by atoms with E-state index >= 15 is 0 Å². The van der Waals surface area contributed by atoms with E-state index < -0.39 is 23.5 Å². The van der Waals surface area contributed by atoms with E-state index in [1.807, 2.05) is 53.2 Å². The van der Waals surface area contributed by atoms with Gasteiger partial charge in [0.2, 0.25) is 0 Å². The molecule has 60 heavy (non-hydrogen) atoms. The lowest BCUT2D eigenvalue weighted by Gasteiger charge is -2.27. The van der Waals surface area contributed by atoms with Gasteiger partial charge in [-0.25, -0.2) is 4.98 Å². The summed E-state index contributed by atoms with van der Waals surface area (Å²) in [5.74, 6) is 0.563. The van der Waals surface area contributed by atoms with E-state index in [-0.39, 0.29) is 34.2 Å². The van der Waals surface area contributed by atoms with Crippen molar-refractivity contribution in [2.75, 3.05) is 0 Å². The topological polar surface area (TPSA) is 50.9 Å². The Kier molecular flexibility index (Phi) is 8.70. The van der Waals surface area contributed by atoms with Crippen LogP contribution in [-0.2, 0) is 16.2 Å². The van der Waals surface area contributed by atoms with Gasteiger partial charge in [-0.1, -0.05) is 165 Å². The molecule has 0 bridgehead atoms. The van der Waals surface area contributed by atoms with Crippen molar-refractivity contribution in [3.63, 3.8) is 0 Å². The highest BCUT2D eigenvalue weighted by atomic mass is 16.3. The van der Waals surface area contributed by atoms with E-state index in [1.54, 1.807) is 6.07 Å². The van der Waals surface area contributed by atoms with Crippen molar-refractivity contribution >= 4 is 11.0 Å². The summed E-state index contributed by atoms with van der Waals surface area (Å²) >= 11 is 0. The molecular weight excluding hydrogens is 731 g/mol. The Labute approximate surface area is 363 Å². The number of phenolic OH excluding ortho intramolecular Hbond substituents is 1. The molecule has 2 aromatic heterocycles. The number of para-hydroxylation sites is 2. The highest BCUT2D eigenvalue weighted by Crippen LogP contribution is 2.46. The fraction of sp³-hybridized carbons (Fsp3) is 0.250. The largest absolute Gasteiger partial charge is 0.507 e. The molecule has 0 aliphatic rings. The molecule has 2 heterocycles. The van der Waals surface area contributed by atoms with Crippen LogP contribution in [0.15, 0.2) is 140 Å². The number of rotatable bonds is 6. The minimum absolute atomic E-state index is 0.0805. The van der Waals surface area contributed by atoms with Gasteiger partial charge in [0.1, 0.15) is 11.6 Å². The number of phenols is 1. The number of aromatic hydroxyl groups is 1. The normalized spacial score (nSPS) is 13.5. The fourth-order valence-electron chi connectivity index (χ4n) is 8.26. The molecule has 0 radical (unpaired) electrons. The van der Waals surface area contributed by atoms with Crippen molar-refractivity contribution in [1.82, 2.24) is 14.5 Å². The molecule has 0 atom stereocenters. The average Bonchev–Trinajstić information content (AvgIpc) is 3.64. The quantitative estimate of drug-likeness (QED) is 0.182. The maximum Gasteiger partial charge on any atom is 0.149 e. The maximum atomic E-state index is 12.5. The Hall–Kier alpha value is -6.26. The van der Waals surface area contributed by atoms with E-state index in [4.69, 9.17) is 16.8 Å². The monoisotopic (exact) mass is 792 g/mol. The first-order chi connectivity index (χ1) is 30.5. The first-order valence-electron chi connectivity index (χ1n) is 23.2. The van der Waals surface area contributed by atoms with Crippen LogP contribution in [0.1, 0.15) is 97.0 Å². The summed E-state index contributed by atoms with van der Waals surface area (Å²) in [5.41, 5.74) is 13.1. The van der Waals surface area contributed by atoms with Crippen molar-refractivity contribution in [3.05, 3.63) is 167 Å². The molecule has 0 unspecified atom stereocenters. The summed E-state index contributed by atoms with van der Waals surface area (Å²) in [6.45, 7) is 23.6. The van der Waals surface area contributed by atoms with Crippen LogP contribution >= 0.6 is 0 Å². The SMILES string of the molecule is [2H]c1c([2H])c([2H])c(-c2ccccc2-n2c(-c3cc(C(C)(C)C)cc(C(C)(C)C)c3O)nc3c(-c4cc(-c5ncc(C)c(-c6ccccc6)c5C)cc(C(C)(C)C)c4)cccc32)c([2H])c1[2H]. The number of nitrogens with zero attached hydrogens (tertiary/aromatic N) is 3. The first-order valence-corrected chi connectivity index (χ1v) is 20.7. The van der Waals surface area contributed by atoms with E-state index in [2.05, 4.69) is 131 Å². The van der Waals surface area contributed by atoms with Crippen LogP contribution in [0, 0.1) is 13.8 Å². The third-order valence-corrected chi connectivity index (χ3v) is 11.6. The molecule has 0 saturated carbocycles. The first kappa shape index (κ1) is 34.6. The number of hydrogen-bond donors (Lipinski definition) is 1. The second kappa shape index (κ2) is 15.1. The highest BCUT2D eigenvalue weighted by Gasteiger charge is 2.29. The van der Waals surface area contributed by atoms with E-state index in [1.165, 1.54) is 0 Å². The van der Waals surface area contributed by atoms with Gasteiger partial charge in [0.15, 0.2) is 0 Å². The molecule has 8 rings (SSSR count). The molecular formula is C56H57N3O. The molecule has 6 aromatic carbocycles. The molecule has 8 aromatic rings. The molecule has 0 amide bonds. The molecule has 4 nitrogen and oxygen atoms in total. The van der Waals surface area contributed by atoms with Gasteiger partial charge in [0, 0.05) is 28.5 Å². The van der Waals surface area contributed by atoms with E-state index in [9.17, 15) is 5.11 Å². The standard InChI is InChI=1S/C56H57N3O/c1-35-34-57-50(36(2)49(35)38-23-16-13-17-24-38)40-29-39(30-41(31-40)54(3,4)5)44-26-20-28-48-51(44)58-53(45-32-42(55(6,7)8)33-46(52(45)60)56(9,10)11)59(48)47-27-19-18-25-43(47)37-21-14-12-15-22-37/h12-34,60H,1-11H3/i12D,14D,15D,21D,22D. The predicted octanol–water partition coefficient (Wildman–Crippen LogP) is 15.0. The summed E-state index contributed by atoms with van der Waals surface area (Å²) in [4.78, 5) is 10.6. The number of aryl methyl sites for hydroxylation is 1. The van der Waals surface area contributed by atoms with Crippen molar-refractivity contribution in [1.29, 1.82) is 0 Å². The summed E-state index contributed by atoms with van der Waals surface area (Å²) in [7, 11) is 0. The zero-order chi connectivity index (χ0) is 47.1. The maximum absolute atomic E-state index is 12.5. The summed E-state index contributed by atoms with van der Waals surface area (Å²) < 4.78 is 45.7. The zero-order valence-electron chi connectivity index (χ0n) is 41.7. The van der Waals surface area contributed by atoms with Gasteiger partial charge in [-0.15, -0.1) is 0 Å². The van der Waals surface area contributed by atoms with Crippen LogP contribution < -0.4 is 0 Å². The summed E-state index contributed by atoms with van der Waals surface area (Å²) in [6, 6.07) is 32.7. The predicted molar refractivity (Wildman–Crippen MR) is 253 cm³/mol. The highest BCUT2D eigenvalue weighted by molar-refractivity contribution is 5.98. The van der Waals surface area contributed by atoms with Crippen LogP contribution in [0.3, 0.4) is 0 Å². The minimum atomic E-state index is -0.456. The Bertz CT molecular complexity index is 3160. The van der Waals surface area contributed by atoms with Crippen molar-refractivity contribution < 1.29 is 12.0 Å². The number of fused-ring (bicyclic) bond motifs is 1. The Morgan fingerprint density at radius 1 is 0.583 bits per heavy atom. The average molecular weight is 793 g/mol. The van der Waals surface area contributed by atoms with Gasteiger partial charge in [0.25, 0.3) is 0 Å². The molecule has 0 aliphatic heterocycles. The van der Waals surface area contributed by atoms with Gasteiger partial charge in [0.05, 0.1) is 34.8 Å². The fourth-order valence-corrected chi connectivity index (χ4v) is 8.26. The van der Waals surface area contributed by atoms with Crippen molar-refractivity contribution in [2.24, 2.45) is 0 Å². The Balaban J connectivity index is 1.49. The van der Waals surface area contributed by atoms with Gasteiger partial charge >= 0.3 is 0 Å². The van der Waals surface area contributed by atoms with Crippen LogP contribution in [-0.4, -0.2) is 19.6 Å². The number of benzene rings is 6. The van der Waals surface area contributed by atoms with Crippen molar-refractivity contribution in [2.45, 2.75) is 92.4 Å². The van der Waals surface area contributed by atoms with Gasteiger partial charge in [-0.2, -0.15) is 0 Å². The smallest absolute Gasteiger partial charge is 0.149 e. The second-order valence-corrected chi connectivity index (χ2v) is 19.1. The lowest BCUT2D eigenvalue weighted by atomic mass is 9.79. The third kappa shape index (κ3) is 7.45. The molecule has 0 spiro atoms. The third-order valence-electron chi connectivity index (χ3n) is 11.6. The van der Waals surface area contributed by atoms with Gasteiger partial charge in [-0.05, 0) is 105 Å². The molecule has 0 aliphatic carbocycles. The molecule has 0 fully saturated rings. The van der Waals surface area contributed by atoms with Crippen LogP contribution in [0.2, 0.25) is 0 Å². The van der Waals surface area contributed by atoms with Crippen molar-refractivity contribution in [3.8, 4) is 67.5 Å². The number of pyridine rings is 1. The molecule has 302 valence electrons. The Morgan fingerprint density at radius 3 is 1.90 bits per heavy atom. The molecule has 4 heteroatoms. The lowest BCUT2D eigenvalue weighted by molar-refractivity contribution is 0.446. The van der Waals surface area contributed by atoms with E-state index in [0.29, 0.717) is 33.7 Å². The summed E-state index contributed by atoms with van der Waals surface area (Å²) in [5, 5.41) is 12.5. The lowest BCUT2D eigenvalue weighted by Crippen LogP contribution is -2.17. The zero-order valence-corrected chi connectivity index (χ0v) is 36.7. The number of imidazole rings is 1. The summed E-state index contributed by atoms with van der Waals surface area (Å²) in [6.07, 6.45) is 1.96. The van der Waals surface area contributed by atoms with Crippen LogP contribution in [0.4, 0.5) is 0 Å². The van der Waals surface area contributed by atoms with E-state index in [0.717, 1.165) is 61.3 Å². The van der Waals surface area contributed by atoms with Gasteiger partial charge in [-0.3, -0.25) is 9.55 Å². The molecule has 0 saturated heterocycles. The molecule has 1 N–H and O–H groups in total. The van der Waals surface area contributed by atoms with Crippen LogP contribution in [0.5, 0.6) is 5.75 Å². The number of aromatic nitrogens is 3. The second-order valence-electron chi connectivity index (χ2n) is 19.1. The van der Waals surface area contributed by atoms with Gasteiger partial charge < -0.3 is 5.11 Å². The Morgan fingerprint density at radius 2 is 1.22 bits per heavy atom. The van der Waals surface area contributed by atoms with Crippen LogP contribution in [0.25, 0.3) is 72.7 Å². The minimum Gasteiger partial charge on any atom is -0.507 e. The number of hydrogen-bond acceptors (Lipinski definition) is 3.